The van der Waals surface area contributed by atoms with Crippen molar-refractivity contribution in [2.75, 3.05) is 13.7 Å². The van der Waals surface area contributed by atoms with Crippen LogP contribution in [-0.4, -0.2) is 74.9 Å². The number of carbonyl (C=O) groups excluding carboxylic acids is 2. The minimum absolute atomic E-state index is 0.173. The van der Waals surface area contributed by atoms with E-state index >= 15 is 0 Å². The Bertz CT molecular complexity index is 398. The van der Waals surface area contributed by atoms with E-state index in [0.717, 1.165) is 7.05 Å². The van der Waals surface area contributed by atoms with Crippen molar-refractivity contribution < 1.29 is 35.1 Å². The van der Waals surface area contributed by atoms with Crippen LogP contribution in [0.25, 0.3) is 0 Å². The Balaban J connectivity index is 5.33. The molecule has 0 aliphatic carbocycles. The van der Waals surface area contributed by atoms with Gasteiger partial charge >= 0.3 is 0 Å². The van der Waals surface area contributed by atoms with Crippen molar-refractivity contribution in [1.82, 2.24) is 5.32 Å². The summed E-state index contributed by atoms with van der Waals surface area (Å²) in [5, 5.41) is 49.3. The van der Waals surface area contributed by atoms with Crippen molar-refractivity contribution >= 4 is 11.7 Å². The molecule has 116 valence electrons. The van der Waals surface area contributed by atoms with Crippen LogP contribution in [-0.2, 0) is 9.59 Å². The molecule has 9 nitrogen and oxygen atoms in total. The quantitative estimate of drug-likeness (QED) is 0.175. The maximum atomic E-state index is 11.9. The van der Waals surface area contributed by atoms with Crippen LogP contribution in [0, 0.1) is 0 Å². The highest BCUT2D eigenvalue weighted by Gasteiger charge is 2.46. The number of hydrogen-bond donors (Lipinski definition) is 7. The number of likely N-dealkylation sites (N-methyl/N-ethyl adjacent to an activating group) is 1. The molecule has 0 saturated carbocycles. The van der Waals surface area contributed by atoms with E-state index in [1.165, 1.54) is 6.92 Å². The van der Waals surface area contributed by atoms with Gasteiger partial charge in [0.1, 0.15) is 18.3 Å². The summed E-state index contributed by atoms with van der Waals surface area (Å²) in [6, 6.07) is 0. The number of aliphatic hydroxyl groups excluding tert-OH is 4. The fourth-order valence-electron chi connectivity index (χ4n) is 1.36. The molecule has 0 rings (SSSR count). The smallest absolute Gasteiger partial charge is 0.244 e. The van der Waals surface area contributed by atoms with Crippen molar-refractivity contribution in [3.8, 4) is 0 Å². The molecular weight excluding hydrogens is 272 g/mol. The lowest BCUT2D eigenvalue weighted by molar-refractivity contribution is -0.177. The summed E-state index contributed by atoms with van der Waals surface area (Å²) in [5.41, 5.74) is 2.09. The maximum Gasteiger partial charge on any atom is 0.244 e. The number of hydrogen-bond acceptors (Lipinski definition) is 8. The van der Waals surface area contributed by atoms with E-state index in [4.69, 9.17) is 10.8 Å². The Morgan fingerprint density at radius 1 is 1.35 bits per heavy atom. The Kier molecular flexibility index (Phi) is 6.92. The lowest BCUT2D eigenvalue weighted by Gasteiger charge is -2.34. The third-order valence-corrected chi connectivity index (χ3v) is 2.83. The molecule has 0 aliphatic rings. The lowest BCUT2D eigenvalue weighted by Crippen LogP contribution is -2.64. The van der Waals surface area contributed by atoms with Gasteiger partial charge in [-0.05, 0) is 20.0 Å². The van der Waals surface area contributed by atoms with Crippen molar-refractivity contribution in [1.29, 1.82) is 0 Å². The van der Waals surface area contributed by atoms with Crippen LogP contribution in [0.4, 0.5) is 0 Å². The number of nitrogens with two attached hydrogens (primary N) is 1. The summed E-state index contributed by atoms with van der Waals surface area (Å²) < 4.78 is 0. The molecule has 0 fully saturated rings. The van der Waals surface area contributed by atoms with Gasteiger partial charge in [0.15, 0.2) is 0 Å². The Morgan fingerprint density at radius 2 is 1.85 bits per heavy atom. The summed E-state index contributed by atoms with van der Waals surface area (Å²) in [4.78, 5) is 22.7. The van der Waals surface area contributed by atoms with Gasteiger partial charge in [0.05, 0.1) is 6.61 Å². The number of rotatable bonds is 8. The van der Waals surface area contributed by atoms with Gasteiger partial charge in [-0.1, -0.05) is 0 Å². The van der Waals surface area contributed by atoms with E-state index < -0.39 is 42.3 Å². The number of carbonyl (C=O) groups is 2. The van der Waals surface area contributed by atoms with Crippen molar-refractivity contribution in [3.05, 3.63) is 11.6 Å². The minimum Gasteiger partial charge on any atom is -0.394 e. The first-order valence-corrected chi connectivity index (χ1v) is 5.70. The molecule has 0 aromatic carbocycles. The Hall–Kier alpha value is -1.36. The van der Waals surface area contributed by atoms with Gasteiger partial charge < -0.3 is 31.3 Å². The first-order chi connectivity index (χ1) is 9.11. The zero-order chi connectivity index (χ0) is 16.1. The highest BCUT2D eigenvalue weighted by atomic mass is 16.4. The molecule has 0 aliphatic heterocycles. The van der Waals surface area contributed by atoms with Gasteiger partial charge in [-0.15, -0.1) is 0 Å². The molecule has 20 heavy (non-hydrogen) atoms. The fourth-order valence-corrected chi connectivity index (χ4v) is 1.36. The third kappa shape index (κ3) is 4.07. The van der Waals surface area contributed by atoms with E-state index in [9.17, 15) is 30.0 Å². The molecule has 0 heterocycles. The van der Waals surface area contributed by atoms with Gasteiger partial charge in [0, 0.05) is 5.57 Å². The topological polar surface area (TPSA) is 173 Å². The second-order valence-electron chi connectivity index (χ2n) is 4.26. The molecule has 0 unspecified atom stereocenters. The van der Waals surface area contributed by atoms with E-state index in [2.05, 4.69) is 5.32 Å². The number of nitrogens with one attached hydrogen (secondary N) is 1. The van der Waals surface area contributed by atoms with E-state index in [0.29, 0.717) is 6.08 Å². The second-order valence-corrected chi connectivity index (χ2v) is 4.26. The third-order valence-electron chi connectivity index (χ3n) is 2.83. The molecule has 4 atom stereocenters. The average Bonchev–Trinajstić information content (AvgIpc) is 2.43. The van der Waals surface area contributed by atoms with Gasteiger partial charge in [-0.3, -0.25) is 14.9 Å². The molecule has 9 heteroatoms. The average molecular weight is 292 g/mol. The first kappa shape index (κ1) is 18.6. The predicted molar refractivity (Wildman–Crippen MR) is 67.1 cm³/mol. The number of primary amides is 1. The minimum atomic E-state index is -2.66. The van der Waals surface area contributed by atoms with E-state index in [1.807, 2.05) is 0 Å². The molecule has 0 saturated heterocycles. The van der Waals surface area contributed by atoms with Crippen molar-refractivity contribution in [2.24, 2.45) is 5.73 Å². The molecule has 1 amide bonds. The van der Waals surface area contributed by atoms with Gasteiger partial charge in [0.25, 0.3) is 0 Å². The van der Waals surface area contributed by atoms with Crippen molar-refractivity contribution in [3.63, 3.8) is 0 Å². The standard InChI is InChI=1S/C11H20N2O7/c1-5(10(12)19)3-7(16)11(20,13-2)9(18)8(17)6(15)4-14/h3,6,8-9,13-15,17-18,20H,4H2,1-2H3,(H2,12,19)/t6-,8-,9+,11+/m1/s1. The van der Waals surface area contributed by atoms with Crippen LogP contribution in [0.5, 0.6) is 0 Å². The number of amides is 1. The molecule has 0 radical (unpaired) electrons. The lowest BCUT2D eigenvalue weighted by atomic mass is 9.93. The van der Waals surface area contributed by atoms with Crippen LogP contribution in [0.2, 0.25) is 0 Å². The highest BCUT2D eigenvalue weighted by molar-refractivity contribution is 6.04. The van der Waals surface area contributed by atoms with Crippen LogP contribution in [0.3, 0.4) is 0 Å². The van der Waals surface area contributed by atoms with Gasteiger partial charge in [-0.2, -0.15) is 0 Å². The molecule has 0 bridgehead atoms. The summed E-state index contributed by atoms with van der Waals surface area (Å²) in [5.74, 6) is -2.05. The zero-order valence-electron chi connectivity index (χ0n) is 11.1. The molecular formula is C11H20N2O7. The Morgan fingerprint density at radius 3 is 2.20 bits per heavy atom. The number of aliphatic hydroxyl groups is 5. The summed E-state index contributed by atoms with van der Waals surface area (Å²) in [7, 11) is 1.12. The highest BCUT2D eigenvalue weighted by Crippen LogP contribution is 2.16. The van der Waals surface area contributed by atoms with Crippen LogP contribution in [0.15, 0.2) is 11.6 Å². The van der Waals surface area contributed by atoms with Crippen LogP contribution >= 0.6 is 0 Å². The molecule has 0 aromatic heterocycles. The SMILES string of the molecule is CN[C@](O)(C(=O)C=C(C)C(N)=O)[C@@H](O)[C@H](O)[C@H](O)CO. The fraction of sp³-hybridized carbons (Fsp3) is 0.636. The second kappa shape index (κ2) is 7.43. The summed E-state index contributed by atoms with van der Waals surface area (Å²) in [6.07, 6.45) is -5.22. The van der Waals surface area contributed by atoms with Gasteiger partial charge in [-0.25, -0.2) is 0 Å². The van der Waals surface area contributed by atoms with E-state index in [-0.39, 0.29) is 5.57 Å². The normalized spacial score (nSPS) is 19.9. The molecule has 0 spiro atoms. The predicted octanol–water partition coefficient (Wildman–Crippen LogP) is -4.03. The molecule has 0 aromatic rings. The maximum absolute atomic E-state index is 11.9. The number of ketones is 1. The largest absolute Gasteiger partial charge is 0.394 e. The summed E-state index contributed by atoms with van der Waals surface area (Å²) >= 11 is 0. The Labute approximate surface area is 115 Å². The molecule has 8 N–H and O–H groups in total. The monoisotopic (exact) mass is 292 g/mol. The van der Waals surface area contributed by atoms with Gasteiger partial charge in [0.2, 0.25) is 17.4 Å². The first-order valence-electron chi connectivity index (χ1n) is 5.70. The van der Waals surface area contributed by atoms with E-state index in [1.54, 1.807) is 0 Å². The zero-order valence-corrected chi connectivity index (χ0v) is 11.1. The van der Waals surface area contributed by atoms with Crippen molar-refractivity contribution in [2.45, 2.75) is 31.0 Å². The van der Waals surface area contributed by atoms with Crippen LogP contribution < -0.4 is 11.1 Å². The summed E-state index contributed by atoms with van der Waals surface area (Å²) in [6.45, 7) is 0.337. The van der Waals surface area contributed by atoms with Crippen LogP contribution in [0.1, 0.15) is 6.92 Å².